The number of benzene rings is 1. The summed E-state index contributed by atoms with van der Waals surface area (Å²) in [5.41, 5.74) is 8.57. The molecule has 0 aliphatic rings. The summed E-state index contributed by atoms with van der Waals surface area (Å²) >= 11 is 0. The summed E-state index contributed by atoms with van der Waals surface area (Å²) in [6.07, 6.45) is 0. The third-order valence-corrected chi connectivity index (χ3v) is 1.90. The molecule has 0 unspecified atom stereocenters. The van der Waals surface area contributed by atoms with Crippen molar-refractivity contribution < 1.29 is 0 Å². The van der Waals surface area contributed by atoms with Gasteiger partial charge in [-0.2, -0.15) is 0 Å². The van der Waals surface area contributed by atoms with Crippen LogP contribution in [0.2, 0.25) is 0 Å². The number of hydrogen-bond acceptors (Lipinski definition) is 3. The summed E-state index contributed by atoms with van der Waals surface area (Å²) in [6.45, 7) is 3.71. The minimum absolute atomic E-state index is 0.469. The lowest BCUT2D eigenvalue weighted by atomic mass is 10.1. The maximum atomic E-state index is 10.2. The number of rotatable bonds is 1. The molecule has 3 nitrogen and oxygen atoms in total. The first-order valence-electron chi connectivity index (χ1n) is 3.36. The lowest BCUT2D eigenvalue weighted by Gasteiger charge is -2.04. The van der Waals surface area contributed by atoms with Gasteiger partial charge in [-0.3, -0.25) is 0 Å². The van der Waals surface area contributed by atoms with E-state index in [0.29, 0.717) is 11.4 Å². The zero-order valence-corrected chi connectivity index (χ0v) is 6.59. The van der Waals surface area contributed by atoms with Gasteiger partial charge in [0.15, 0.2) is 0 Å². The monoisotopic (exact) mass is 150 g/mol. The fourth-order valence-corrected chi connectivity index (χ4v) is 0.926. The van der Waals surface area contributed by atoms with Crippen LogP contribution in [0, 0.1) is 18.8 Å². The molecular formula is C8H10N2O. The molecule has 0 aliphatic heterocycles. The van der Waals surface area contributed by atoms with Crippen LogP contribution in [-0.2, 0) is 0 Å². The van der Waals surface area contributed by atoms with E-state index in [1.54, 1.807) is 12.1 Å². The molecule has 0 bridgehead atoms. The highest BCUT2D eigenvalue weighted by atomic mass is 16.3. The van der Waals surface area contributed by atoms with Crippen LogP contribution in [0.5, 0.6) is 0 Å². The number of anilines is 1. The van der Waals surface area contributed by atoms with Gasteiger partial charge in [0.05, 0.1) is 0 Å². The van der Waals surface area contributed by atoms with Gasteiger partial charge >= 0.3 is 0 Å². The Bertz CT molecular complexity index is 294. The second-order valence-corrected chi connectivity index (χ2v) is 2.52. The largest absolute Gasteiger partial charge is 0.399 e. The topological polar surface area (TPSA) is 55.4 Å². The molecule has 58 valence electrons. The molecule has 0 fully saturated rings. The number of nitrogen functional groups attached to an aromatic ring is 1. The Morgan fingerprint density at radius 3 is 2.45 bits per heavy atom. The first kappa shape index (κ1) is 7.72. The van der Waals surface area contributed by atoms with Crippen LogP contribution in [0.3, 0.4) is 0 Å². The highest BCUT2D eigenvalue weighted by molar-refractivity contribution is 5.60. The number of hydrogen-bond donors (Lipinski definition) is 1. The van der Waals surface area contributed by atoms with E-state index < -0.39 is 0 Å². The highest BCUT2D eigenvalue weighted by Gasteiger charge is 2.02. The molecule has 2 N–H and O–H groups in total. The lowest BCUT2D eigenvalue weighted by molar-refractivity contribution is 1.31. The van der Waals surface area contributed by atoms with Crippen molar-refractivity contribution in [3.05, 3.63) is 28.2 Å². The molecule has 0 heterocycles. The quantitative estimate of drug-likeness (QED) is 0.493. The van der Waals surface area contributed by atoms with Crippen molar-refractivity contribution in [3.63, 3.8) is 0 Å². The van der Waals surface area contributed by atoms with Crippen LogP contribution < -0.4 is 5.73 Å². The fraction of sp³-hybridized carbons (Fsp3) is 0.250. The zero-order valence-electron chi connectivity index (χ0n) is 6.59. The van der Waals surface area contributed by atoms with Gasteiger partial charge in [-0.1, -0.05) is 0 Å². The number of nitrogens with zero attached hydrogens (tertiary/aromatic N) is 1. The average Bonchev–Trinajstić information content (AvgIpc) is 2.01. The Labute approximate surface area is 65.2 Å². The average molecular weight is 150 g/mol. The molecule has 0 saturated heterocycles. The van der Waals surface area contributed by atoms with Crippen molar-refractivity contribution in [2.75, 3.05) is 5.73 Å². The van der Waals surface area contributed by atoms with E-state index in [2.05, 4.69) is 5.18 Å². The van der Waals surface area contributed by atoms with Crippen molar-refractivity contribution in [2.24, 2.45) is 5.18 Å². The molecule has 1 aromatic rings. The van der Waals surface area contributed by atoms with Crippen LogP contribution in [-0.4, -0.2) is 0 Å². The normalized spacial score (nSPS) is 9.64. The molecule has 1 aromatic carbocycles. The van der Waals surface area contributed by atoms with Crippen LogP contribution in [0.25, 0.3) is 0 Å². The van der Waals surface area contributed by atoms with Crippen molar-refractivity contribution in [2.45, 2.75) is 13.8 Å². The number of nitrogens with two attached hydrogens (primary N) is 1. The highest BCUT2D eigenvalue weighted by Crippen LogP contribution is 2.25. The van der Waals surface area contributed by atoms with Crippen molar-refractivity contribution >= 4 is 11.4 Å². The smallest absolute Gasteiger partial charge is 0.111 e. The lowest BCUT2D eigenvalue weighted by Crippen LogP contribution is -1.91. The van der Waals surface area contributed by atoms with Gasteiger partial charge in [-0.15, -0.1) is 4.91 Å². The second-order valence-electron chi connectivity index (χ2n) is 2.52. The van der Waals surface area contributed by atoms with Crippen LogP contribution in [0.15, 0.2) is 17.3 Å². The van der Waals surface area contributed by atoms with Gasteiger partial charge in [0.1, 0.15) is 5.69 Å². The molecule has 0 amide bonds. The Kier molecular flexibility index (Phi) is 1.89. The van der Waals surface area contributed by atoms with Crippen LogP contribution in [0.4, 0.5) is 11.4 Å². The van der Waals surface area contributed by atoms with E-state index in [9.17, 15) is 4.91 Å². The first-order chi connectivity index (χ1) is 5.16. The molecule has 0 radical (unpaired) electrons. The predicted molar refractivity (Wildman–Crippen MR) is 45.8 cm³/mol. The van der Waals surface area contributed by atoms with Crippen LogP contribution >= 0.6 is 0 Å². The Morgan fingerprint density at radius 1 is 1.27 bits per heavy atom. The molecular weight excluding hydrogens is 140 g/mol. The summed E-state index contributed by atoms with van der Waals surface area (Å²) in [7, 11) is 0. The van der Waals surface area contributed by atoms with E-state index in [0.717, 1.165) is 11.1 Å². The van der Waals surface area contributed by atoms with Crippen LogP contribution in [0.1, 0.15) is 11.1 Å². The molecule has 0 aromatic heterocycles. The van der Waals surface area contributed by atoms with Gasteiger partial charge < -0.3 is 5.73 Å². The summed E-state index contributed by atoms with van der Waals surface area (Å²) in [5.74, 6) is 0. The van der Waals surface area contributed by atoms with Crippen molar-refractivity contribution in [1.29, 1.82) is 0 Å². The zero-order chi connectivity index (χ0) is 8.43. The third-order valence-electron chi connectivity index (χ3n) is 1.90. The van der Waals surface area contributed by atoms with Gasteiger partial charge in [0.2, 0.25) is 0 Å². The maximum Gasteiger partial charge on any atom is 0.111 e. The third kappa shape index (κ3) is 1.22. The minimum Gasteiger partial charge on any atom is -0.399 e. The van der Waals surface area contributed by atoms with Gasteiger partial charge in [-0.25, -0.2) is 0 Å². The second kappa shape index (κ2) is 2.70. The number of nitroso groups, excluding NO2 is 1. The standard InChI is InChI=1S/C8H10N2O/c1-5-6(2)8(10-11)4-3-7(5)9/h3-4H,9H2,1-2H3. The van der Waals surface area contributed by atoms with Gasteiger partial charge in [-0.05, 0) is 42.3 Å². The van der Waals surface area contributed by atoms with E-state index in [-0.39, 0.29) is 0 Å². The maximum absolute atomic E-state index is 10.2. The molecule has 0 saturated carbocycles. The van der Waals surface area contributed by atoms with Crippen molar-refractivity contribution in [1.82, 2.24) is 0 Å². The molecule has 0 spiro atoms. The molecule has 3 heteroatoms. The van der Waals surface area contributed by atoms with E-state index in [1.807, 2.05) is 13.8 Å². The molecule has 0 atom stereocenters. The van der Waals surface area contributed by atoms with E-state index in [1.165, 1.54) is 0 Å². The van der Waals surface area contributed by atoms with E-state index in [4.69, 9.17) is 5.73 Å². The van der Waals surface area contributed by atoms with E-state index >= 15 is 0 Å². The first-order valence-corrected chi connectivity index (χ1v) is 3.36. The van der Waals surface area contributed by atoms with Gasteiger partial charge in [0, 0.05) is 5.69 Å². The summed E-state index contributed by atoms with van der Waals surface area (Å²) in [6, 6.07) is 3.32. The molecule has 11 heavy (non-hydrogen) atoms. The molecule has 1 rings (SSSR count). The fourth-order valence-electron chi connectivity index (χ4n) is 0.926. The Balaban J connectivity index is 3.36. The summed E-state index contributed by atoms with van der Waals surface area (Å²) in [5, 5.41) is 2.87. The van der Waals surface area contributed by atoms with Crippen molar-refractivity contribution in [3.8, 4) is 0 Å². The molecule has 0 aliphatic carbocycles. The summed E-state index contributed by atoms with van der Waals surface area (Å²) in [4.78, 5) is 10.2. The SMILES string of the molecule is Cc1c(N)ccc(N=O)c1C. The predicted octanol–water partition coefficient (Wildman–Crippen LogP) is 2.28. The summed E-state index contributed by atoms with van der Waals surface area (Å²) < 4.78 is 0. The minimum atomic E-state index is 0.469. The Hall–Kier alpha value is -1.38. The Morgan fingerprint density at radius 2 is 1.91 bits per heavy atom. The van der Waals surface area contributed by atoms with Gasteiger partial charge in [0.25, 0.3) is 0 Å².